The van der Waals surface area contributed by atoms with E-state index in [4.69, 9.17) is 5.73 Å². The van der Waals surface area contributed by atoms with Crippen molar-refractivity contribution in [1.82, 2.24) is 14.8 Å². The molecule has 2 aromatic carbocycles. The average molecular weight is 373 g/mol. The molecule has 0 bridgehead atoms. The number of fused-ring (bicyclic) bond motifs is 1. The maximum Gasteiger partial charge on any atom is 0.269 e. The number of anilines is 1. The van der Waals surface area contributed by atoms with Crippen LogP contribution in [0.4, 0.5) is 5.69 Å². The number of amides is 2. The van der Waals surface area contributed by atoms with E-state index < -0.39 is 5.91 Å². The van der Waals surface area contributed by atoms with Crippen LogP contribution < -0.4 is 16.6 Å². The number of primary amides is 1. The maximum absolute atomic E-state index is 12.7. The number of nitrogens with two attached hydrogens (primary N) is 1. The van der Waals surface area contributed by atoms with Crippen molar-refractivity contribution in [2.45, 2.75) is 0 Å². The normalized spacial score (nSPS) is 10.7. The molecule has 0 spiro atoms. The molecule has 0 aliphatic heterocycles. The van der Waals surface area contributed by atoms with E-state index in [9.17, 15) is 14.4 Å². The fourth-order valence-electron chi connectivity index (χ4n) is 2.89. The Hall–Kier alpha value is -4.20. The number of aromatic amines is 1. The fraction of sp³-hybridized carbons (Fsp3) is 0. The predicted octanol–water partition coefficient (Wildman–Crippen LogP) is 2.06. The second-order valence-electron chi connectivity index (χ2n) is 6.10. The van der Waals surface area contributed by atoms with Crippen LogP contribution in [-0.2, 0) is 0 Å². The molecule has 28 heavy (non-hydrogen) atoms. The number of H-pyrrole nitrogens is 1. The quantitative estimate of drug-likeness (QED) is 0.507. The lowest BCUT2D eigenvalue weighted by Gasteiger charge is -2.09. The standard InChI is InChI=1S/C20H15N5O3/c21-19(27)17-9-10-25(24-17)13-7-5-12(6-8-13)22-20(28)15-11-18(26)23-16-4-2-1-3-14(15)16/h1-11H,(H2,21,27)(H,22,28)(H,23,26). The molecule has 0 saturated carbocycles. The summed E-state index contributed by atoms with van der Waals surface area (Å²) in [4.78, 5) is 38.4. The Morgan fingerprint density at radius 1 is 1.04 bits per heavy atom. The van der Waals surface area contributed by atoms with Crippen LogP contribution in [0.5, 0.6) is 0 Å². The molecule has 4 N–H and O–H groups in total. The van der Waals surface area contributed by atoms with Gasteiger partial charge in [0.15, 0.2) is 0 Å². The summed E-state index contributed by atoms with van der Waals surface area (Å²) in [5.41, 5.74) is 7.17. The molecular weight excluding hydrogens is 358 g/mol. The number of benzene rings is 2. The highest BCUT2D eigenvalue weighted by molar-refractivity contribution is 6.12. The van der Waals surface area contributed by atoms with Crippen molar-refractivity contribution in [2.24, 2.45) is 5.73 Å². The molecule has 0 saturated heterocycles. The van der Waals surface area contributed by atoms with Crippen LogP contribution >= 0.6 is 0 Å². The molecule has 0 aliphatic rings. The zero-order valence-electron chi connectivity index (χ0n) is 14.5. The SMILES string of the molecule is NC(=O)c1ccn(-c2ccc(NC(=O)c3cc(=O)[nH]c4ccccc34)cc2)n1. The summed E-state index contributed by atoms with van der Waals surface area (Å²) in [5, 5.41) is 7.52. The van der Waals surface area contributed by atoms with Gasteiger partial charge in [0.2, 0.25) is 5.56 Å². The van der Waals surface area contributed by atoms with Crippen LogP contribution in [0.3, 0.4) is 0 Å². The molecule has 4 aromatic rings. The van der Waals surface area contributed by atoms with Gasteiger partial charge >= 0.3 is 0 Å². The van der Waals surface area contributed by atoms with E-state index in [2.05, 4.69) is 15.4 Å². The Kier molecular flexibility index (Phi) is 4.21. The molecule has 0 aliphatic carbocycles. The first-order chi connectivity index (χ1) is 13.5. The summed E-state index contributed by atoms with van der Waals surface area (Å²) in [5.74, 6) is -0.988. The maximum atomic E-state index is 12.7. The van der Waals surface area contributed by atoms with E-state index in [0.717, 1.165) is 0 Å². The number of carbonyl (C=O) groups is 2. The van der Waals surface area contributed by atoms with Crippen LogP contribution in [0.2, 0.25) is 0 Å². The van der Waals surface area contributed by atoms with Gasteiger partial charge < -0.3 is 16.0 Å². The van der Waals surface area contributed by atoms with Gasteiger partial charge in [0.25, 0.3) is 11.8 Å². The van der Waals surface area contributed by atoms with E-state index in [0.29, 0.717) is 27.8 Å². The number of nitrogens with zero attached hydrogens (tertiary/aromatic N) is 2. The first kappa shape index (κ1) is 17.2. The number of para-hydroxylation sites is 1. The molecular formula is C20H15N5O3. The van der Waals surface area contributed by atoms with Gasteiger partial charge in [-0.05, 0) is 36.4 Å². The Morgan fingerprint density at radius 3 is 2.50 bits per heavy atom. The Bertz CT molecular complexity index is 1250. The molecule has 138 valence electrons. The number of hydrogen-bond acceptors (Lipinski definition) is 4. The second kappa shape index (κ2) is 6.84. The van der Waals surface area contributed by atoms with Gasteiger partial charge in [-0.3, -0.25) is 14.4 Å². The Balaban J connectivity index is 1.59. The smallest absolute Gasteiger partial charge is 0.269 e. The van der Waals surface area contributed by atoms with Gasteiger partial charge in [-0.2, -0.15) is 5.10 Å². The highest BCUT2D eigenvalue weighted by Crippen LogP contribution is 2.18. The highest BCUT2D eigenvalue weighted by Gasteiger charge is 2.12. The van der Waals surface area contributed by atoms with Crippen LogP contribution in [-0.4, -0.2) is 26.6 Å². The van der Waals surface area contributed by atoms with E-state index in [-0.39, 0.29) is 17.2 Å². The highest BCUT2D eigenvalue weighted by atomic mass is 16.2. The minimum absolute atomic E-state index is 0.165. The third kappa shape index (κ3) is 3.26. The molecule has 8 heteroatoms. The summed E-state index contributed by atoms with van der Waals surface area (Å²) in [7, 11) is 0. The number of hydrogen-bond donors (Lipinski definition) is 3. The molecule has 2 amide bonds. The number of carbonyl (C=O) groups excluding carboxylic acids is 2. The fourth-order valence-corrected chi connectivity index (χ4v) is 2.89. The number of pyridine rings is 1. The van der Waals surface area contributed by atoms with E-state index in [1.54, 1.807) is 54.7 Å². The van der Waals surface area contributed by atoms with Crippen molar-refractivity contribution in [3.63, 3.8) is 0 Å². The summed E-state index contributed by atoms with van der Waals surface area (Å²) in [6, 6.07) is 16.8. The number of aromatic nitrogens is 3. The summed E-state index contributed by atoms with van der Waals surface area (Å²) < 4.78 is 1.51. The first-order valence-electron chi connectivity index (χ1n) is 8.40. The Morgan fingerprint density at radius 2 is 1.79 bits per heavy atom. The molecule has 4 rings (SSSR count). The number of nitrogens with one attached hydrogen (secondary N) is 2. The third-order valence-corrected chi connectivity index (χ3v) is 4.23. The zero-order valence-corrected chi connectivity index (χ0v) is 14.5. The van der Waals surface area contributed by atoms with Crippen LogP contribution in [0.1, 0.15) is 20.8 Å². The van der Waals surface area contributed by atoms with Gasteiger partial charge in [0, 0.05) is 28.9 Å². The molecule has 0 radical (unpaired) electrons. The van der Waals surface area contributed by atoms with Crippen molar-refractivity contribution in [1.29, 1.82) is 0 Å². The van der Waals surface area contributed by atoms with E-state index in [1.807, 2.05) is 0 Å². The largest absolute Gasteiger partial charge is 0.364 e. The monoisotopic (exact) mass is 373 g/mol. The van der Waals surface area contributed by atoms with Crippen LogP contribution in [0.25, 0.3) is 16.6 Å². The minimum atomic E-state index is -0.604. The third-order valence-electron chi connectivity index (χ3n) is 4.23. The average Bonchev–Trinajstić information content (AvgIpc) is 3.18. The van der Waals surface area contributed by atoms with Crippen molar-refractivity contribution in [3.05, 3.63) is 88.5 Å². The molecule has 2 heterocycles. The molecule has 0 fully saturated rings. The lowest BCUT2D eigenvalue weighted by Crippen LogP contribution is -2.16. The van der Waals surface area contributed by atoms with Gasteiger partial charge in [-0.1, -0.05) is 18.2 Å². The van der Waals surface area contributed by atoms with Crippen LogP contribution in [0, 0.1) is 0 Å². The zero-order chi connectivity index (χ0) is 19.7. The van der Waals surface area contributed by atoms with Gasteiger partial charge in [-0.15, -0.1) is 0 Å². The molecule has 2 aromatic heterocycles. The predicted molar refractivity (Wildman–Crippen MR) is 105 cm³/mol. The molecule has 8 nitrogen and oxygen atoms in total. The summed E-state index contributed by atoms with van der Waals surface area (Å²) in [6.45, 7) is 0. The number of rotatable bonds is 4. The van der Waals surface area contributed by atoms with Gasteiger partial charge in [0.1, 0.15) is 5.69 Å². The van der Waals surface area contributed by atoms with E-state index in [1.165, 1.54) is 16.8 Å². The van der Waals surface area contributed by atoms with Crippen molar-refractivity contribution in [2.75, 3.05) is 5.32 Å². The molecule has 0 unspecified atom stereocenters. The van der Waals surface area contributed by atoms with Crippen molar-refractivity contribution in [3.8, 4) is 5.69 Å². The van der Waals surface area contributed by atoms with Gasteiger partial charge in [0.05, 0.1) is 11.3 Å². The second-order valence-corrected chi connectivity index (χ2v) is 6.10. The van der Waals surface area contributed by atoms with Crippen LogP contribution in [0.15, 0.2) is 71.7 Å². The van der Waals surface area contributed by atoms with Gasteiger partial charge in [-0.25, -0.2) is 4.68 Å². The lowest BCUT2D eigenvalue weighted by atomic mass is 10.1. The Labute approximate surface area is 158 Å². The van der Waals surface area contributed by atoms with Crippen molar-refractivity contribution >= 4 is 28.4 Å². The van der Waals surface area contributed by atoms with E-state index >= 15 is 0 Å². The first-order valence-corrected chi connectivity index (χ1v) is 8.40. The lowest BCUT2D eigenvalue weighted by molar-refractivity contribution is 0.0993. The topological polar surface area (TPSA) is 123 Å². The minimum Gasteiger partial charge on any atom is -0.364 e. The molecule has 0 atom stereocenters. The summed E-state index contributed by atoms with van der Waals surface area (Å²) >= 11 is 0. The summed E-state index contributed by atoms with van der Waals surface area (Å²) in [6.07, 6.45) is 1.62. The van der Waals surface area contributed by atoms with Crippen molar-refractivity contribution < 1.29 is 9.59 Å².